The molecule has 1 saturated heterocycles. The molecule has 4 heteroatoms. The van der Waals surface area contributed by atoms with Gasteiger partial charge in [-0.1, -0.05) is 30.3 Å². The summed E-state index contributed by atoms with van der Waals surface area (Å²) in [6, 6.07) is 9.70. The third-order valence-corrected chi connectivity index (χ3v) is 3.31. The molecule has 18 heavy (non-hydrogen) atoms. The van der Waals surface area contributed by atoms with Crippen molar-refractivity contribution in [1.29, 1.82) is 0 Å². The lowest BCUT2D eigenvalue weighted by Gasteiger charge is -2.37. The van der Waals surface area contributed by atoms with Crippen LogP contribution in [0.3, 0.4) is 0 Å². The zero-order valence-electron chi connectivity index (χ0n) is 10.4. The lowest BCUT2D eigenvalue weighted by atomic mass is 10.0. The second-order valence-corrected chi connectivity index (χ2v) is 4.57. The number of hydrogen-bond acceptors (Lipinski definition) is 4. The Morgan fingerprint density at radius 1 is 1.39 bits per heavy atom. The molecular weight excluding hydrogens is 230 g/mol. The van der Waals surface area contributed by atoms with Gasteiger partial charge in [0.25, 0.3) is 6.47 Å². The first-order valence-corrected chi connectivity index (χ1v) is 6.14. The van der Waals surface area contributed by atoms with E-state index >= 15 is 0 Å². The summed E-state index contributed by atoms with van der Waals surface area (Å²) >= 11 is 0. The van der Waals surface area contributed by atoms with Crippen LogP contribution >= 0.6 is 0 Å². The average molecular weight is 247 g/mol. The molecule has 2 atom stereocenters. The standard InChI is InChI=1S/C14H17NO3/c1-11-9-13(17)7-8-15(11)14(18-10-16)12-5-3-2-4-6-12/h2-6,10-11,14H,7-9H2,1H3/t11-,14?/m0/s1. The van der Waals surface area contributed by atoms with Gasteiger partial charge in [0, 0.05) is 31.0 Å². The van der Waals surface area contributed by atoms with Crippen molar-refractivity contribution >= 4 is 12.3 Å². The molecule has 1 aromatic carbocycles. The van der Waals surface area contributed by atoms with Gasteiger partial charge in [-0.2, -0.15) is 0 Å². The van der Waals surface area contributed by atoms with E-state index in [4.69, 9.17) is 4.74 Å². The molecule has 4 nitrogen and oxygen atoms in total. The predicted molar refractivity (Wildman–Crippen MR) is 66.7 cm³/mol. The Hall–Kier alpha value is -1.68. The average Bonchev–Trinajstić information content (AvgIpc) is 2.38. The van der Waals surface area contributed by atoms with Crippen LogP contribution in [0.5, 0.6) is 0 Å². The summed E-state index contributed by atoms with van der Waals surface area (Å²) in [6.45, 7) is 3.09. The van der Waals surface area contributed by atoms with E-state index in [1.807, 2.05) is 37.3 Å². The monoisotopic (exact) mass is 247 g/mol. The molecule has 1 heterocycles. The number of piperidine rings is 1. The van der Waals surface area contributed by atoms with Crippen LogP contribution in [0.25, 0.3) is 0 Å². The first-order chi connectivity index (χ1) is 8.72. The highest BCUT2D eigenvalue weighted by Crippen LogP contribution is 2.27. The molecule has 0 aliphatic carbocycles. The lowest BCUT2D eigenvalue weighted by molar-refractivity contribution is -0.150. The van der Waals surface area contributed by atoms with Gasteiger partial charge in [-0.3, -0.25) is 14.5 Å². The highest BCUT2D eigenvalue weighted by Gasteiger charge is 2.31. The van der Waals surface area contributed by atoms with Crippen LogP contribution < -0.4 is 0 Å². The van der Waals surface area contributed by atoms with E-state index in [-0.39, 0.29) is 11.8 Å². The van der Waals surface area contributed by atoms with E-state index in [1.54, 1.807) is 0 Å². The molecule has 0 radical (unpaired) electrons. The van der Waals surface area contributed by atoms with Crippen LogP contribution in [0, 0.1) is 0 Å². The molecule has 0 spiro atoms. The van der Waals surface area contributed by atoms with E-state index in [1.165, 1.54) is 0 Å². The van der Waals surface area contributed by atoms with Crippen LogP contribution in [0.15, 0.2) is 30.3 Å². The van der Waals surface area contributed by atoms with Crippen LogP contribution in [-0.4, -0.2) is 29.7 Å². The van der Waals surface area contributed by atoms with Crippen molar-refractivity contribution in [1.82, 2.24) is 4.90 Å². The number of nitrogens with zero attached hydrogens (tertiary/aromatic N) is 1. The predicted octanol–water partition coefficient (Wildman–Crippen LogP) is 1.91. The van der Waals surface area contributed by atoms with Gasteiger partial charge in [-0.05, 0) is 6.92 Å². The summed E-state index contributed by atoms with van der Waals surface area (Å²) in [5.41, 5.74) is 0.936. The Bertz CT molecular complexity index is 418. The Morgan fingerprint density at radius 2 is 2.11 bits per heavy atom. The van der Waals surface area contributed by atoms with Crippen molar-refractivity contribution in [2.24, 2.45) is 0 Å². The number of likely N-dealkylation sites (tertiary alicyclic amines) is 1. The first-order valence-electron chi connectivity index (χ1n) is 6.14. The second-order valence-electron chi connectivity index (χ2n) is 4.57. The molecule has 0 saturated carbocycles. The van der Waals surface area contributed by atoms with Crippen molar-refractivity contribution in [2.45, 2.75) is 32.0 Å². The zero-order valence-corrected chi connectivity index (χ0v) is 10.4. The number of Topliss-reactive ketones (excluding diaryl/α,β-unsaturated/α-hetero) is 1. The number of carbonyl (C=O) groups is 2. The number of ketones is 1. The van der Waals surface area contributed by atoms with Gasteiger partial charge >= 0.3 is 0 Å². The lowest BCUT2D eigenvalue weighted by Crippen LogP contribution is -2.44. The van der Waals surface area contributed by atoms with Gasteiger partial charge in [0.2, 0.25) is 0 Å². The highest BCUT2D eigenvalue weighted by molar-refractivity contribution is 5.79. The molecule has 2 rings (SSSR count). The molecule has 0 aromatic heterocycles. The molecule has 1 fully saturated rings. The number of carbonyl (C=O) groups excluding carboxylic acids is 2. The Labute approximate surface area is 107 Å². The number of ether oxygens (including phenoxy) is 1. The summed E-state index contributed by atoms with van der Waals surface area (Å²) in [5.74, 6) is 0.275. The third-order valence-electron chi connectivity index (χ3n) is 3.31. The molecule has 0 amide bonds. The maximum absolute atomic E-state index is 11.4. The van der Waals surface area contributed by atoms with E-state index in [2.05, 4.69) is 4.90 Å². The van der Waals surface area contributed by atoms with E-state index < -0.39 is 6.23 Å². The van der Waals surface area contributed by atoms with Gasteiger partial charge in [-0.15, -0.1) is 0 Å². The van der Waals surface area contributed by atoms with Crippen molar-refractivity contribution < 1.29 is 14.3 Å². The Balaban J connectivity index is 2.20. The normalized spacial score (nSPS) is 22.5. The zero-order chi connectivity index (χ0) is 13.0. The largest absolute Gasteiger partial charge is 0.444 e. The number of hydrogen-bond donors (Lipinski definition) is 0. The smallest absolute Gasteiger partial charge is 0.294 e. The molecule has 0 bridgehead atoms. The molecule has 1 aliphatic rings. The van der Waals surface area contributed by atoms with Crippen molar-refractivity contribution in [3.63, 3.8) is 0 Å². The Morgan fingerprint density at radius 3 is 2.72 bits per heavy atom. The molecule has 1 unspecified atom stereocenters. The summed E-state index contributed by atoms with van der Waals surface area (Å²) in [6.07, 6.45) is 0.647. The quantitative estimate of drug-likeness (QED) is 0.762. The molecular formula is C14H17NO3. The maximum Gasteiger partial charge on any atom is 0.294 e. The minimum atomic E-state index is -0.396. The fraction of sp³-hybridized carbons (Fsp3) is 0.429. The fourth-order valence-electron chi connectivity index (χ4n) is 2.39. The fourth-order valence-corrected chi connectivity index (χ4v) is 2.39. The van der Waals surface area contributed by atoms with E-state index in [0.29, 0.717) is 25.9 Å². The molecule has 96 valence electrons. The van der Waals surface area contributed by atoms with Gasteiger partial charge < -0.3 is 4.74 Å². The summed E-state index contributed by atoms with van der Waals surface area (Å²) in [4.78, 5) is 24.1. The van der Waals surface area contributed by atoms with Crippen LogP contribution in [0.2, 0.25) is 0 Å². The van der Waals surface area contributed by atoms with E-state index in [0.717, 1.165) is 5.56 Å². The van der Waals surface area contributed by atoms with Gasteiger partial charge in [-0.25, -0.2) is 0 Å². The third kappa shape index (κ3) is 2.76. The van der Waals surface area contributed by atoms with Crippen LogP contribution in [-0.2, 0) is 14.3 Å². The second kappa shape index (κ2) is 5.78. The van der Waals surface area contributed by atoms with Crippen LogP contribution in [0.1, 0.15) is 31.6 Å². The molecule has 1 aliphatic heterocycles. The van der Waals surface area contributed by atoms with Gasteiger partial charge in [0.05, 0.1) is 0 Å². The minimum Gasteiger partial charge on any atom is -0.444 e. The number of rotatable bonds is 4. The maximum atomic E-state index is 11.4. The summed E-state index contributed by atoms with van der Waals surface area (Å²) in [7, 11) is 0. The van der Waals surface area contributed by atoms with Crippen molar-refractivity contribution in [3.05, 3.63) is 35.9 Å². The van der Waals surface area contributed by atoms with E-state index in [9.17, 15) is 9.59 Å². The summed E-state index contributed by atoms with van der Waals surface area (Å²) < 4.78 is 5.21. The Kier molecular flexibility index (Phi) is 4.10. The summed E-state index contributed by atoms with van der Waals surface area (Å²) in [5, 5.41) is 0. The molecule has 0 N–H and O–H groups in total. The van der Waals surface area contributed by atoms with Crippen molar-refractivity contribution in [2.75, 3.05) is 6.54 Å². The SMILES string of the molecule is C[C@H]1CC(=O)CCN1C(OC=O)c1ccccc1. The highest BCUT2D eigenvalue weighted by atomic mass is 16.5. The van der Waals surface area contributed by atoms with Gasteiger partial charge in [0.1, 0.15) is 5.78 Å². The topological polar surface area (TPSA) is 46.6 Å². The van der Waals surface area contributed by atoms with Gasteiger partial charge in [0.15, 0.2) is 6.23 Å². The van der Waals surface area contributed by atoms with Crippen LogP contribution in [0.4, 0.5) is 0 Å². The minimum absolute atomic E-state index is 0.0939. The number of benzene rings is 1. The molecule has 1 aromatic rings. The van der Waals surface area contributed by atoms with Crippen molar-refractivity contribution in [3.8, 4) is 0 Å². The first kappa shape index (κ1) is 12.8.